The van der Waals surface area contributed by atoms with E-state index in [9.17, 15) is 4.79 Å². The molecule has 18 heavy (non-hydrogen) atoms. The quantitative estimate of drug-likeness (QED) is 0.502. The number of carbonyl (C=O) groups excluding carboxylic acids is 1. The fraction of sp³-hybridized carbons (Fsp3) is 0.214. The summed E-state index contributed by atoms with van der Waals surface area (Å²) in [6.07, 6.45) is 13.9. The van der Waals surface area contributed by atoms with Gasteiger partial charge in [0.15, 0.2) is 0 Å². The largest absolute Gasteiger partial charge is 0.451 e. The lowest BCUT2D eigenvalue weighted by molar-refractivity contribution is -0.140. The molecule has 0 radical (unpaired) electrons. The molecule has 0 aromatic heterocycles. The summed E-state index contributed by atoms with van der Waals surface area (Å²) in [7, 11) is 0. The Morgan fingerprint density at radius 2 is 1.94 bits per heavy atom. The second-order valence-electron chi connectivity index (χ2n) is 4.40. The molecular weight excluding hydrogens is 271 g/mol. The van der Waals surface area contributed by atoms with Gasteiger partial charge in [0.05, 0.1) is 0 Å². The van der Waals surface area contributed by atoms with Crippen molar-refractivity contribution in [1.82, 2.24) is 0 Å². The van der Waals surface area contributed by atoms with Gasteiger partial charge in [-0.15, -0.1) is 0 Å². The van der Waals surface area contributed by atoms with Gasteiger partial charge in [0.2, 0.25) is 4.33 Å². The van der Waals surface area contributed by atoms with Gasteiger partial charge in [-0.05, 0) is 23.6 Å². The van der Waals surface area contributed by atoms with Crippen LogP contribution in [0, 0.1) is 0 Å². The van der Waals surface area contributed by atoms with Crippen molar-refractivity contribution in [3.8, 4) is 0 Å². The Labute approximate surface area is 115 Å². The van der Waals surface area contributed by atoms with Gasteiger partial charge in [0, 0.05) is 5.57 Å². The maximum atomic E-state index is 11.6. The third-order valence-electron chi connectivity index (χ3n) is 3.13. The number of carbonyl (C=O) groups is 1. The molecule has 1 unspecified atom stereocenters. The minimum Gasteiger partial charge on any atom is -0.451 e. The van der Waals surface area contributed by atoms with Crippen molar-refractivity contribution in [2.75, 3.05) is 0 Å². The third-order valence-corrected chi connectivity index (χ3v) is 3.87. The second-order valence-corrected chi connectivity index (χ2v) is 5.73. The Balaban J connectivity index is 2.13. The van der Waals surface area contributed by atoms with Crippen molar-refractivity contribution < 1.29 is 9.53 Å². The number of hydrogen-bond acceptors (Lipinski definition) is 2. The minimum atomic E-state index is -1.58. The first kappa shape index (κ1) is 11.8. The summed E-state index contributed by atoms with van der Waals surface area (Å²) in [4.78, 5) is 11.6. The number of hydrogen-bond donors (Lipinski definition) is 0. The van der Waals surface area contributed by atoms with Crippen molar-refractivity contribution in [3.05, 3.63) is 59.3 Å². The predicted octanol–water partition coefficient (Wildman–Crippen LogP) is 3.39. The second kappa shape index (κ2) is 4.15. The predicted molar refractivity (Wildman–Crippen MR) is 71.5 cm³/mol. The van der Waals surface area contributed by atoms with E-state index in [-0.39, 0.29) is 0 Å². The third kappa shape index (κ3) is 1.86. The molecule has 0 spiro atoms. The fourth-order valence-electron chi connectivity index (χ4n) is 2.20. The van der Waals surface area contributed by atoms with E-state index in [1.165, 1.54) is 0 Å². The van der Waals surface area contributed by atoms with Gasteiger partial charge < -0.3 is 4.74 Å². The molecule has 1 heterocycles. The average molecular weight is 281 g/mol. The minimum absolute atomic E-state index is 0.474. The SMILES string of the molecule is O=C1OC2/C=C\C3=CC=CC=C(/C=C\2C1(Cl)Cl)C3. The Morgan fingerprint density at radius 3 is 2.72 bits per heavy atom. The van der Waals surface area contributed by atoms with Crippen molar-refractivity contribution in [1.29, 1.82) is 0 Å². The molecule has 92 valence electrons. The lowest BCUT2D eigenvalue weighted by atomic mass is 9.95. The monoisotopic (exact) mass is 280 g/mol. The van der Waals surface area contributed by atoms with Crippen LogP contribution in [-0.4, -0.2) is 16.4 Å². The number of rotatable bonds is 0. The lowest BCUT2D eigenvalue weighted by Gasteiger charge is -2.15. The van der Waals surface area contributed by atoms with Gasteiger partial charge in [0.1, 0.15) is 6.10 Å². The van der Waals surface area contributed by atoms with Crippen LogP contribution in [0.4, 0.5) is 0 Å². The van der Waals surface area contributed by atoms with Crippen LogP contribution in [0.2, 0.25) is 0 Å². The molecule has 2 bridgehead atoms. The molecule has 0 N–H and O–H groups in total. The number of ether oxygens (including phenoxy) is 1. The van der Waals surface area contributed by atoms with E-state index >= 15 is 0 Å². The van der Waals surface area contributed by atoms with Crippen LogP contribution >= 0.6 is 23.2 Å². The first-order valence-corrected chi connectivity index (χ1v) is 6.38. The van der Waals surface area contributed by atoms with Crippen LogP contribution in [-0.2, 0) is 9.53 Å². The summed E-state index contributed by atoms with van der Waals surface area (Å²) in [5.41, 5.74) is 2.80. The van der Waals surface area contributed by atoms with E-state index in [1.54, 1.807) is 0 Å². The average Bonchev–Trinajstić information content (AvgIpc) is 2.50. The number of halogens is 2. The number of alkyl halides is 2. The molecule has 3 rings (SSSR count). The zero-order valence-electron chi connectivity index (χ0n) is 9.40. The normalized spacial score (nSPS) is 32.9. The molecule has 0 saturated carbocycles. The molecule has 2 nitrogen and oxygen atoms in total. The smallest absolute Gasteiger partial charge is 0.348 e. The van der Waals surface area contributed by atoms with E-state index in [1.807, 2.05) is 42.5 Å². The highest BCUT2D eigenvalue weighted by molar-refractivity contribution is 6.60. The molecule has 1 fully saturated rings. The van der Waals surface area contributed by atoms with E-state index in [4.69, 9.17) is 27.9 Å². The molecule has 0 aromatic carbocycles. The summed E-state index contributed by atoms with van der Waals surface area (Å²) in [5, 5.41) is 0. The first-order valence-electron chi connectivity index (χ1n) is 5.63. The van der Waals surface area contributed by atoms with E-state index < -0.39 is 16.4 Å². The molecule has 0 amide bonds. The summed E-state index contributed by atoms with van der Waals surface area (Å²) in [5.74, 6) is -0.605. The Hall–Kier alpha value is -1.25. The van der Waals surface area contributed by atoms with Crippen molar-refractivity contribution in [3.63, 3.8) is 0 Å². The van der Waals surface area contributed by atoms with Gasteiger partial charge in [-0.3, -0.25) is 0 Å². The molecule has 1 aliphatic heterocycles. The number of fused-ring (bicyclic) bond motifs is 3. The van der Waals surface area contributed by atoms with E-state index in [0.29, 0.717) is 5.57 Å². The first-order chi connectivity index (χ1) is 8.57. The summed E-state index contributed by atoms with van der Waals surface area (Å²) < 4.78 is 3.61. The lowest BCUT2D eigenvalue weighted by Crippen LogP contribution is -2.21. The van der Waals surface area contributed by atoms with Gasteiger partial charge >= 0.3 is 5.97 Å². The summed E-state index contributed by atoms with van der Waals surface area (Å²) in [6, 6.07) is 0. The highest BCUT2D eigenvalue weighted by Gasteiger charge is 2.50. The Bertz CT molecular complexity index is 562. The highest BCUT2D eigenvalue weighted by atomic mass is 35.5. The van der Waals surface area contributed by atoms with Crippen molar-refractivity contribution in [2.24, 2.45) is 0 Å². The topological polar surface area (TPSA) is 26.3 Å². The summed E-state index contributed by atoms with van der Waals surface area (Å²) >= 11 is 12.1. The zero-order chi connectivity index (χ0) is 12.8. The van der Waals surface area contributed by atoms with Gasteiger partial charge in [-0.25, -0.2) is 4.79 Å². The maximum absolute atomic E-state index is 11.6. The fourth-order valence-corrected chi connectivity index (χ4v) is 2.61. The standard InChI is InChI=1S/C14H10Cl2O2/c15-14(16)11-8-10-4-2-1-3-9(7-10)5-6-12(11)18-13(14)17/h1-6,8,12H,7H2/b6-5-,11-8+. The molecule has 3 aliphatic rings. The van der Waals surface area contributed by atoms with E-state index in [0.717, 1.165) is 17.6 Å². The molecular formula is C14H10Cl2O2. The van der Waals surface area contributed by atoms with Crippen LogP contribution in [0.25, 0.3) is 0 Å². The maximum Gasteiger partial charge on any atom is 0.348 e. The van der Waals surface area contributed by atoms with E-state index in [2.05, 4.69) is 0 Å². The molecule has 1 atom stereocenters. The van der Waals surface area contributed by atoms with Crippen LogP contribution in [0.3, 0.4) is 0 Å². The Kier molecular flexibility index (Phi) is 2.72. The molecule has 4 heteroatoms. The van der Waals surface area contributed by atoms with Crippen LogP contribution in [0.15, 0.2) is 59.3 Å². The van der Waals surface area contributed by atoms with Gasteiger partial charge in [-0.2, -0.15) is 0 Å². The van der Waals surface area contributed by atoms with Gasteiger partial charge in [-0.1, -0.05) is 59.7 Å². The highest BCUT2D eigenvalue weighted by Crippen LogP contribution is 2.43. The van der Waals surface area contributed by atoms with Crippen molar-refractivity contribution in [2.45, 2.75) is 16.9 Å². The summed E-state index contributed by atoms with van der Waals surface area (Å²) in [6.45, 7) is 0. The van der Waals surface area contributed by atoms with Crippen molar-refractivity contribution >= 4 is 29.2 Å². The number of esters is 1. The van der Waals surface area contributed by atoms with Crippen LogP contribution < -0.4 is 0 Å². The molecule has 1 saturated heterocycles. The number of allylic oxidation sites excluding steroid dienone is 8. The zero-order valence-corrected chi connectivity index (χ0v) is 10.9. The molecule has 0 aromatic rings. The Morgan fingerprint density at radius 1 is 1.22 bits per heavy atom. The van der Waals surface area contributed by atoms with Gasteiger partial charge in [0.25, 0.3) is 0 Å². The van der Waals surface area contributed by atoms with Crippen LogP contribution in [0.5, 0.6) is 0 Å². The van der Waals surface area contributed by atoms with Crippen LogP contribution in [0.1, 0.15) is 6.42 Å². The molecule has 2 aliphatic carbocycles.